The van der Waals surface area contributed by atoms with Crippen molar-refractivity contribution in [1.29, 1.82) is 0 Å². The average Bonchev–Trinajstić information content (AvgIpc) is 2.51. The van der Waals surface area contributed by atoms with Crippen molar-refractivity contribution in [3.8, 4) is 0 Å². The van der Waals surface area contributed by atoms with Crippen molar-refractivity contribution in [2.45, 2.75) is 19.3 Å². The van der Waals surface area contributed by atoms with Gasteiger partial charge in [0.15, 0.2) is 0 Å². The van der Waals surface area contributed by atoms with Gasteiger partial charge in [0.1, 0.15) is 11.6 Å². The highest BCUT2D eigenvalue weighted by atomic mass is 19.1. The number of rotatable bonds is 6. The largest absolute Gasteiger partial charge is 0.369 e. The normalized spacial score (nSPS) is 16.3. The Morgan fingerprint density at radius 1 is 1.22 bits per heavy atom. The van der Waals surface area contributed by atoms with E-state index >= 15 is 0 Å². The van der Waals surface area contributed by atoms with Gasteiger partial charge in [-0.2, -0.15) is 0 Å². The molecule has 3 N–H and O–H groups in total. The van der Waals surface area contributed by atoms with Gasteiger partial charge in [0, 0.05) is 18.0 Å². The zero-order valence-electron chi connectivity index (χ0n) is 12.9. The van der Waals surface area contributed by atoms with Gasteiger partial charge in [-0.3, -0.25) is 14.5 Å². The number of piperidine rings is 1. The van der Waals surface area contributed by atoms with Gasteiger partial charge in [0.2, 0.25) is 11.8 Å². The standard InChI is InChI=1S/C16H21F2N3O2/c17-13-2-1-3-14(18)12(13)4-7-20-15(22)10-21-8-5-11(6-9-21)16(19)23/h1-3,11H,4-10H2,(H2,19,23)(H,20,22). The summed E-state index contributed by atoms with van der Waals surface area (Å²) in [5, 5.41) is 2.66. The van der Waals surface area contributed by atoms with Gasteiger partial charge < -0.3 is 11.1 Å². The summed E-state index contributed by atoms with van der Waals surface area (Å²) in [6.45, 7) is 1.67. The molecule has 23 heavy (non-hydrogen) atoms. The van der Waals surface area contributed by atoms with Gasteiger partial charge in [-0.1, -0.05) is 6.07 Å². The minimum absolute atomic E-state index is 0.0185. The van der Waals surface area contributed by atoms with Gasteiger partial charge in [0.25, 0.3) is 0 Å². The van der Waals surface area contributed by atoms with Crippen molar-refractivity contribution in [2.75, 3.05) is 26.2 Å². The van der Waals surface area contributed by atoms with Crippen LogP contribution in [-0.4, -0.2) is 42.9 Å². The second-order valence-corrected chi connectivity index (χ2v) is 5.75. The van der Waals surface area contributed by atoms with Crippen LogP contribution in [0.3, 0.4) is 0 Å². The first kappa shape index (κ1) is 17.3. The Bertz CT molecular complexity index is 552. The van der Waals surface area contributed by atoms with Crippen molar-refractivity contribution in [1.82, 2.24) is 10.2 Å². The molecule has 2 amide bonds. The number of carbonyl (C=O) groups is 2. The predicted molar refractivity (Wildman–Crippen MR) is 81.4 cm³/mol. The number of amides is 2. The predicted octanol–water partition coefficient (Wildman–Crippen LogP) is 0.821. The summed E-state index contributed by atoms with van der Waals surface area (Å²) >= 11 is 0. The molecule has 1 aromatic rings. The number of hydrogen-bond acceptors (Lipinski definition) is 3. The van der Waals surface area contributed by atoms with E-state index in [0.29, 0.717) is 25.9 Å². The summed E-state index contributed by atoms with van der Waals surface area (Å²) in [6, 6.07) is 3.70. The molecule has 1 fully saturated rings. The van der Waals surface area contributed by atoms with E-state index in [1.165, 1.54) is 18.2 Å². The fourth-order valence-electron chi connectivity index (χ4n) is 2.73. The smallest absolute Gasteiger partial charge is 0.234 e. The molecule has 1 aliphatic heterocycles. The van der Waals surface area contributed by atoms with Crippen LogP contribution in [0.4, 0.5) is 8.78 Å². The van der Waals surface area contributed by atoms with Crippen molar-refractivity contribution in [3.63, 3.8) is 0 Å². The van der Waals surface area contributed by atoms with E-state index in [2.05, 4.69) is 5.32 Å². The minimum Gasteiger partial charge on any atom is -0.369 e. The average molecular weight is 325 g/mol. The quantitative estimate of drug-likeness (QED) is 0.813. The number of nitrogens with zero attached hydrogens (tertiary/aromatic N) is 1. The first-order valence-electron chi connectivity index (χ1n) is 7.68. The molecule has 0 aromatic heterocycles. The SMILES string of the molecule is NC(=O)C1CCN(CC(=O)NCCc2c(F)cccc2F)CC1. The van der Waals surface area contributed by atoms with Gasteiger partial charge >= 0.3 is 0 Å². The van der Waals surface area contributed by atoms with Crippen LogP contribution in [0.5, 0.6) is 0 Å². The zero-order chi connectivity index (χ0) is 16.8. The van der Waals surface area contributed by atoms with Crippen molar-refractivity contribution in [2.24, 2.45) is 11.7 Å². The second kappa shape index (κ2) is 8.01. The highest BCUT2D eigenvalue weighted by molar-refractivity contribution is 5.78. The van der Waals surface area contributed by atoms with Crippen LogP contribution in [-0.2, 0) is 16.0 Å². The molecule has 0 radical (unpaired) electrons. The van der Waals surface area contributed by atoms with Crippen LogP contribution in [0.25, 0.3) is 0 Å². The molecule has 1 heterocycles. The molecule has 0 spiro atoms. The van der Waals surface area contributed by atoms with Crippen LogP contribution in [0.2, 0.25) is 0 Å². The van der Waals surface area contributed by atoms with Crippen molar-refractivity contribution < 1.29 is 18.4 Å². The maximum absolute atomic E-state index is 13.5. The molecule has 2 rings (SSSR count). The molecule has 1 aromatic carbocycles. The number of likely N-dealkylation sites (tertiary alicyclic amines) is 1. The molecular formula is C16H21F2N3O2. The number of benzene rings is 1. The van der Waals surface area contributed by atoms with E-state index in [4.69, 9.17) is 5.73 Å². The van der Waals surface area contributed by atoms with Crippen molar-refractivity contribution >= 4 is 11.8 Å². The van der Waals surface area contributed by atoms with Crippen LogP contribution in [0.15, 0.2) is 18.2 Å². The summed E-state index contributed by atoms with van der Waals surface area (Å²) in [4.78, 5) is 24.9. The van der Waals surface area contributed by atoms with E-state index in [0.717, 1.165) is 0 Å². The molecule has 0 bridgehead atoms. The Morgan fingerprint density at radius 3 is 2.39 bits per heavy atom. The third-order valence-corrected chi connectivity index (χ3v) is 4.12. The summed E-state index contributed by atoms with van der Waals surface area (Å²) in [6.07, 6.45) is 1.42. The summed E-state index contributed by atoms with van der Waals surface area (Å²) < 4.78 is 26.9. The van der Waals surface area contributed by atoms with E-state index in [-0.39, 0.29) is 42.8 Å². The van der Waals surface area contributed by atoms with E-state index in [1.54, 1.807) is 0 Å². The number of halogens is 2. The maximum Gasteiger partial charge on any atom is 0.234 e. The van der Waals surface area contributed by atoms with Gasteiger partial charge in [-0.25, -0.2) is 8.78 Å². The molecule has 0 atom stereocenters. The molecule has 1 saturated heterocycles. The number of nitrogens with two attached hydrogens (primary N) is 1. The first-order valence-corrected chi connectivity index (χ1v) is 7.68. The Kier molecular flexibility index (Phi) is 6.04. The van der Waals surface area contributed by atoms with Gasteiger partial charge in [-0.15, -0.1) is 0 Å². The third kappa shape index (κ3) is 4.99. The highest BCUT2D eigenvalue weighted by Crippen LogP contribution is 2.16. The Labute approximate surface area is 133 Å². The van der Waals surface area contributed by atoms with Gasteiger partial charge in [0.05, 0.1) is 6.54 Å². The molecule has 7 heteroatoms. The second-order valence-electron chi connectivity index (χ2n) is 5.75. The van der Waals surface area contributed by atoms with E-state index < -0.39 is 11.6 Å². The fourth-order valence-corrected chi connectivity index (χ4v) is 2.73. The lowest BCUT2D eigenvalue weighted by atomic mass is 9.96. The third-order valence-electron chi connectivity index (χ3n) is 4.12. The number of primary amides is 1. The molecule has 126 valence electrons. The maximum atomic E-state index is 13.5. The lowest BCUT2D eigenvalue weighted by Gasteiger charge is -2.29. The minimum atomic E-state index is -0.604. The zero-order valence-corrected chi connectivity index (χ0v) is 12.9. The number of nitrogens with one attached hydrogen (secondary N) is 1. The lowest BCUT2D eigenvalue weighted by Crippen LogP contribution is -2.43. The first-order chi connectivity index (χ1) is 11.0. The topological polar surface area (TPSA) is 75.4 Å². The Balaban J connectivity index is 1.71. The summed E-state index contributed by atoms with van der Waals surface area (Å²) in [5.74, 6) is -1.81. The number of carbonyl (C=O) groups excluding carboxylic acids is 2. The molecule has 0 unspecified atom stereocenters. The summed E-state index contributed by atoms with van der Waals surface area (Å²) in [7, 11) is 0. The molecule has 5 nitrogen and oxygen atoms in total. The molecule has 0 saturated carbocycles. The number of hydrogen-bond donors (Lipinski definition) is 2. The lowest BCUT2D eigenvalue weighted by molar-refractivity contribution is -0.124. The highest BCUT2D eigenvalue weighted by Gasteiger charge is 2.24. The molecule has 1 aliphatic rings. The molecule has 0 aliphatic carbocycles. The fraction of sp³-hybridized carbons (Fsp3) is 0.500. The summed E-state index contributed by atoms with van der Waals surface area (Å²) in [5.41, 5.74) is 5.24. The van der Waals surface area contributed by atoms with Crippen LogP contribution >= 0.6 is 0 Å². The van der Waals surface area contributed by atoms with Crippen LogP contribution < -0.4 is 11.1 Å². The van der Waals surface area contributed by atoms with E-state index in [1.807, 2.05) is 4.90 Å². The van der Waals surface area contributed by atoms with Crippen LogP contribution in [0, 0.1) is 17.6 Å². The van der Waals surface area contributed by atoms with E-state index in [9.17, 15) is 18.4 Å². The monoisotopic (exact) mass is 325 g/mol. The Morgan fingerprint density at radius 2 is 1.83 bits per heavy atom. The Hall–Kier alpha value is -2.02. The molecular weight excluding hydrogens is 304 g/mol. The van der Waals surface area contributed by atoms with Crippen molar-refractivity contribution in [3.05, 3.63) is 35.4 Å². The van der Waals surface area contributed by atoms with Crippen LogP contribution in [0.1, 0.15) is 18.4 Å². The van der Waals surface area contributed by atoms with Gasteiger partial charge in [-0.05, 0) is 44.5 Å².